The first kappa shape index (κ1) is 19.1. The number of nitrogens with zero attached hydrogens (tertiary/aromatic N) is 1. The number of benzene rings is 1. The van der Waals surface area contributed by atoms with Crippen LogP contribution in [0.2, 0.25) is 0 Å². The number of sulfonamides is 1. The summed E-state index contributed by atoms with van der Waals surface area (Å²) in [4.78, 5) is 0.250. The summed E-state index contributed by atoms with van der Waals surface area (Å²) in [5.74, 6) is 1.26. The summed E-state index contributed by atoms with van der Waals surface area (Å²) in [6.45, 7) is 4.54. The molecule has 1 aliphatic rings. The Hall–Kier alpha value is -1.18. The van der Waals surface area contributed by atoms with Crippen molar-refractivity contribution in [2.75, 3.05) is 19.4 Å². The zero-order valence-corrected chi connectivity index (χ0v) is 16.4. The topological polar surface area (TPSA) is 61.4 Å². The highest BCUT2D eigenvalue weighted by molar-refractivity contribution is 7.89. The second kappa shape index (κ2) is 7.80. The lowest BCUT2D eigenvalue weighted by atomic mass is 9.78. The van der Waals surface area contributed by atoms with Crippen molar-refractivity contribution < 1.29 is 8.42 Å². The monoisotopic (exact) mass is 369 g/mol. The molecule has 2 N–H and O–H groups in total. The molecule has 134 valence electrons. The standard InChI is InChI=1S/C17H27N3O2S2/c1-12-7-5-10-16(13(12)2)19-17(23)18-14-8-6-9-15(11-14)24(21,22)20(3)4/h6,8-9,11-13,16H,5,7,10H2,1-4H3,(H2,18,19,23)/t12-,13-,16-/m1/s1. The molecule has 0 heterocycles. The molecule has 1 saturated carbocycles. The Kier molecular flexibility index (Phi) is 6.22. The molecule has 3 atom stereocenters. The Labute approximate surface area is 150 Å². The number of rotatable bonds is 4. The van der Waals surface area contributed by atoms with E-state index in [1.807, 2.05) is 6.07 Å². The van der Waals surface area contributed by atoms with Crippen LogP contribution in [0.3, 0.4) is 0 Å². The highest BCUT2D eigenvalue weighted by Gasteiger charge is 2.27. The van der Waals surface area contributed by atoms with E-state index in [9.17, 15) is 8.42 Å². The molecule has 5 nitrogen and oxygen atoms in total. The van der Waals surface area contributed by atoms with E-state index >= 15 is 0 Å². The van der Waals surface area contributed by atoms with Gasteiger partial charge in [-0.15, -0.1) is 0 Å². The maximum Gasteiger partial charge on any atom is 0.242 e. The lowest BCUT2D eigenvalue weighted by molar-refractivity contribution is 0.225. The van der Waals surface area contributed by atoms with E-state index in [0.717, 1.165) is 6.42 Å². The highest BCUT2D eigenvalue weighted by Crippen LogP contribution is 2.29. The van der Waals surface area contributed by atoms with Crippen LogP contribution in [0.5, 0.6) is 0 Å². The van der Waals surface area contributed by atoms with Crippen molar-refractivity contribution in [1.29, 1.82) is 0 Å². The van der Waals surface area contributed by atoms with Crippen molar-refractivity contribution in [3.63, 3.8) is 0 Å². The zero-order valence-electron chi connectivity index (χ0n) is 14.7. The summed E-state index contributed by atoms with van der Waals surface area (Å²) in [5.41, 5.74) is 0.673. The molecule has 0 amide bonds. The molecule has 2 rings (SSSR count). The van der Waals surface area contributed by atoms with Crippen LogP contribution in [0.15, 0.2) is 29.2 Å². The van der Waals surface area contributed by atoms with E-state index in [4.69, 9.17) is 12.2 Å². The minimum absolute atomic E-state index is 0.250. The van der Waals surface area contributed by atoms with E-state index in [2.05, 4.69) is 24.5 Å². The van der Waals surface area contributed by atoms with Gasteiger partial charge in [-0.2, -0.15) is 0 Å². The molecule has 0 radical (unpaired) electrons. The van der Waals surface area contributed by atoms with Gasteiger partial charge >= 0.3 is 0 Å². The van der Waals surface area contributed by atoms with Gasteiger partial charge in [-0.1, -0.05) is 32.8 Å². The molecular formula is C17H27N3O2S2. The molecule has 1 fully saturated rings. The third-order valence-corrected chi connectivity index (χ3v) is 6.92. The van der Waals surface area contributed by atoms with Crippen LogP contribution in [0, 0.1) is 11.8 Å². The lowest BCUT2D eigenvalue weighted by Crippen LogP contribution is -2.45. The maximum absolute atomic E-state index is 12.2. The van der Waals surface area contributed by atoms with Crippen LogP contribution in [-0.4, -0.2) is 38.0 Å². The largest absolute Gasteiger partial charge is 0.359 e. The Balaban J connectivity index is 2.05. The summed E-state index contributed by atoms with van der Waals surface area (Å²) in [7, 11) is -0.407. The Morgan fingerprint density at radius 3 is 2.62 bits per heavy atom. The normalized spacial score (nSPS) is 24.6. The Bertz CT molecular complexity index is 689. The van der Waals surface area contributed by atoms with E-state index in [1.165, 1.54) is 31.2 Å². The fourth-order valence-corrected chi connectivity index (χ4v) is 4.28. The van der Waals surface area contributed by atoms with Crippen molar-refractivity contribution in [3.8, 4) is 0 Å². The predicted octanol–water partition coefficient (Wildman–Crippen LogP) is 3.05. The van der Waals surface area contributed by atoms with Crippen LogP contribution < -0.4 is 10.6 Å². The molecule has 24 heavy (non-hydrogen) atoms. The third-order valence-electron chi connectivity index (χ3n) is 4.89. The van der Waals surface area contributed by atoms with Gasteiger partial charge in [0.2, 0.25) is 10.0 Å². The average molecular weight is 370 g/mol. The second-order valence-electron chi connectivity index (χ2n) is 6.79. The summed E-state index contributed by atoms with van der Waals surface area (Å²) in [6.07, 6.45) is 3.59. The summed E-state index contributed by atoms with van der Waals surface area (Å²) >= 11 is 5.41. The van der Waals surface area contributed by atoms with Gasteiger partial charge < -0.3 is 10.6 Å². The van der Waals surface area contributed by atoms with Crippen LogP contribution in [0.1, 0.15) is 33.1 Å². The predicted molar refractivity (Wildman–Crippen MR) is 103 cm³/mol. The van der Waals surface area contributed by atoms with Gasteiger partial charge in [0.25, 0.3) is 0 Å². The number of thiocarbonyl (C=S) groups is 1. The number of hydrogen-bond acceptors (Lipinski definition) is 3. The Morgan fingerprint density at radius 2 is 1.96 bits per heavy atom. The van der Waals surface area contributed by atoms with Gasteiger partial charge in [-0.25, -0.2) is 12.7 Å². The van der Waals surface area contributed by atoms with E-state index in [-0.39, 0.29) is 4.90 Å². The minimum Gasteiger partial charge on any atom is -0.359 e. The smallest absolute Gasteiger partial charge is 0.242 e. The van der Waals surface area contributed by atoms with Crippen molar-refractivity contribution in [3.05, 3.63) is 24.3 Å². The number of nitrogens with one attached hydrogen (secondary N) is 2. The number of anilines is 1. The van der Waals surface area contributed by atoms with Crippen LogP contribution in [-0.2, 0) is 10.0 Å². The zero-order chi connectivity index (χ0) is 17.9. The molecule has 1 aromatic carbocycles. The fraction of sp³-hybridized carbons (Fsp3) is 0.588. The molecule has 0 aliphatic heterocycles. The van der Waals surface area contributed by atoms with Gasteiger partial charge in [0.1, 0.15) is 0 Å². The first-order valence-corrected chi connectivity index (χ1v) is 10.2. The molecular weight excluding hydrogens is 342 g/mol. The SMILES string of the molecule is C[C@@H]1[C@H](C)CCC[C@H]1NC(=S)Nc1cccc(S(=O)(=O)N(C)C)c1. The minimum atomic E-state index is -3.45. The van der Waals surface area contributed by atoms with E-state index in [0.29, 0.717) is 28.7 Å². The lowest BCUT2D eigenvalue weighted by Gasteiger charge is -2.35. The van der Waals surface area contributed by atoms with Gasteiger partial charge in [0.05, 0.1) is 4.90 Å². The summed E-state index contributed by atoms with van der Waals surface area (Å²) in [6, 6.07) is 7.09. The quantitative estimate of drug-likeness (QED) is 0.799. The Morgan fingerprint density at radius 1 is 1.25 bits per heavy atom. The molecule has 0 spiro atoms. The van der Waals surface area contributed by atoms with Crippen LogP contribution in [0.4, 0.5) is 5.69 Å². The van der Waals surface area contributed by atoms with Crippen molar-refractivity contribution in [2.24, 2.45) is 11.8 Å². The van der Waals surface area contributed by atoms with Crippen LogP contribution in [0.25, 0.3) is 0 Å². The second-order valence-corrected chi connectivity index (χ2v) is 9.35. The van der Waals surface area contributed by atoms with Gasteiger partial charge in [-0.3, -0.25) is 0 Å². The molecule has 0 bridgehead atoms. The first-order chi connectivity index (χ1) is 11.2. The summed E-state index contributed by atoms with van der Waals surface area (Å²) < 4.78 is 25.6. The third kappa shape index (κ3) is 4.46. The molecule has 0 saturated heterocycles. The van der Waals surface area contributed by atoms with Crippen molar-refractivity contribution >= 4 is 33.0 Å². The van der Waals surface area contributed by atoms with Crippen molar-refractivity contribution in [2.45, 2.75) is 44.0 Å². The van der Waals surface area contributed by atoms with Gasteiger partial charge in [-0.05, 0) is 48.7 Å². The molecule has 0 unspecified atom stereocenters. The highest BCUT2D eigenvalue weighted by atomic mass is 32.2. The molecule has 1 aliphatic carbocycles. The summed E-state index contributed by atoms with van der Waals surface area (Å²) in [5, 5.41) is 7.04. The van der Waals surface area contributed by atoms with Crippen LogP contribution >= 0.6 is 12.2 Å². The average Bonchev–Trinajstić information content (AvgIpc) is 2.52. The van der Waals surface area contributed by atoms with Gasteiger partial charge in [0.15, 0.2) is 5.11 Å². The fourth-order valence-electron chi connectivity index (χ4n) is 3.07. The van der Waals surface area contributed by atoms with Crippen molar-refractivity contribution in [1.82, 2.24) is 9.62 Å². The first-order valence-electron chi connectivity index (χ1n) is 8.32. The molecule has 1 aromatic rings. The van der Waals surface area contributed by atoms with Gasteiger partial charge in [0, 0.05) is 25.8 Å². The molecule has 7 heteroatoms. The maximum atomic E-state index is 12.2. The number of hydrogen-bond donors (Lipinski definition) is 2. The molecule has 0 aromatic heterocycles. The van der Waals surface area contributed by atoms with E-state index in [1.54, 1.807) is 18.2 Å². The van der Waals surface area contributed by atoms with E-state index < -0.39 is 10.0 Å².